The zero-order valence-electron chi connectivity index (χ0n) is 22.3. The fourth-order valence-corrected chi connectivity index (χ4v) is 6.68. The van der Waals surface area contributed by atoms with Crippen molar-refractivity contribution in [1.82, 2.24) is 19.7 Å². The molecule has 0 bridgehead atoms. The summed E-state index contributed by atoms with van der Waals surface area (Å²) in [6, 6.07) is 21.7. The molecule has 0 aliphatic carbocycles. The second-order valence-electron chi connectivity index (χ2n) is 9.27. The van der Waals surface area contributed by atoms with Gasteiger partial charge in [0, 0.05) is 24.8 Å². The Morgan fingerprint density at radius 1 is 0.900 bits per heavy atom. The van der Waals surface area contributed by atoms with Crippen molar-refractivity contribution in [3.63, 3.8) is 0 Å². The molecule has 2 heterocycles. The molecule has 2 amide bonds. The van der Waals surface area contributed by atoms with Crippen LogP contribution in [-0.4, -0.2) is 43.1 Å². The Hall–Kier alpha value is -3.67. The van der Waals surface area contributed by atoms with E-state index in [4.69, 9.17) is 0 Å². The van der Waals surface area contributed by atoms with E-state index in [1.807, 2.05) is 80.1 Å². The second kappa shape index (κ2) is 12.7. The number of carbonyl (C=O) groups excluding carboxylic acids is 2. The highest BCUT2D eigenvalue weighted by Gasteiger charge is 2.14. The largest absolute Gasteiger partial charge is 0.325 e. The number of nitrogens with one attached hydrogen (secondary N) is 2. The van der Waals surface area contributed by atoms with E-state index in [9.17, 15) is 9.59 Å². The van der Waals surface area contributed by atoms with Gasteiger partial charge >= 0.3 is 0 Å². The van der Waals surface area contributed by atoms with Crippen molar-refractivity contribution in [2.75, 3.05) is 22.1 Å². The molecule has 8 nitrogen and oxygen atoms in total. The van der Waals surface area contributed by atoms with E-state index in [-0.39, 0.29) is 23.3 Å². The average molecular weight is 589 g/mol. The van der Waals surface area contributed by atoms with Crippen LogP contribution in [0.3, 0.4) is 0 Å². The Labute approximate surface area is 245 Å². The predicted molar refractivity (Wildman–Crippen MR) is 164 cm³/mol. The van der Waals surface area contributed by atoms with Crippen LogP contribution in [0.15, 0.2) is 76.2 Å². The van der Waals surface area contributed by atoms with Crippen LogP contribution in [0, 0.1) is 13.8 Å². The van der Waals surface area contributed by atoms with Crippen molar-refractivity contribution in [2.24, 2.45) is 7.05 Å². The van der Waals surface area contributed by atoms with Crippen molar-refractivity contribution in [1.29, 1.82) is 0 Å². The van der Waals surface area contributed by atoms with Gasteiger partial charge in [-0.05, 0) is 49.2 Å². The predicted octanol–water partition coefficient (Wildman–Crippen LogP) is 6.09. The molecule has 0 aliphatic heterocycles. The summed E-state index contributed by atoms with van der Waals surface area (Å²) >= 11 is 4.25. The standard InChI is InChI=1S/C29H28N6O2S3/c1-18-9-11-22(19(2)13-18)31-27(37)17-39-29-32-23-12-10-21(15-24(23)40-29)30-26(36)16-38-28-34-33-25(35(28)3)14-20-7-5-4-6-8-20/h4-13,15H,14,16-17H2,1-3H3,(H,30,36)(H,31,37). The maximum absolute atomic E-state index is 12.7. The van der Waals surface area contributed by atoms with Gasteiger partial charge in [0.25, 0.3) is 0 Å². The highest BCUT2D eigenvalue weighted by molar-refractivity contribution is 8.01. The number of amides is 2. The summed E-state index contributed by atoms with van der Waals surface area (Å²) in [5, 5.41) is 15.2. The van der Waals surface area contributed by atoms with Gasteiger partial charge in [-0.25, -0.2) is 4.98 Å². The maximum atomic E-state index is 12.7. The number of rotatable bonds is 10. The molecule has 0 radical (unpaired) electrons. The van der Waals surface area contributed by atoms with Gasteiger partial charge in [-0.3, -0.25) is 9.59 Å². The number of anilines is 2. The summed E-state index contributed by atoms with van der Waals surface area (Å²) in [7, 11) is 1.92. The summed E-state index contributed by atoms with van der Waals surface area (Å²) in [4.78, 5) is 29.7. The van der Waals surface area contributed by atoms with Gasteiger partial charge in [0.1, 0.15) is 5.82 Å². The van der Waals surface area contributed by atoms with E-state index >= 15 is 0 Å². The topological polar surface area (TPSA) is 102 Å². The average Bonchev–Trinajstić information content (AvgIpc) is 3.51. The minimum absolute atomic E-state index is 0.0724. The van der Waals surface area contributed by atoms with E-state index in [1.165, 1.54) is 34.9 Å². The molecule has 40 heavy (non-hydrogen) atoms. The second-order valence-corrected chi connectivity index (χ2v) is 12.5. The van der Waals surface area contributed by atoms with E-state index in [0.717, 1.165) is 42.8 Å². The van der Waals surface area contributed by atoms with Crippen molar-refractivity contribution >= 4 is 68.3 Å². The van der Waals surface area contributed by atoms with Crippen LogP contribution in [0.5, 0.6) is 0 Å². The van der Waals surface area contributed by atoms with Gasteiger partial charge in [-0.15, -0.1) is 21.5 Å². The molecule has 0 spiro atoms. The maximum Gasteiger partial charge on any atom is 0.234 e. The van der Waals surface area contributed by atoms with E-state index < -0.39 is 0 Å². The molecule has 0 saturated carbocycles. The lowest BCUT2D eigenvalue weighted by Gasteiger charge is -2.08. The zero-order valence-corrected chi connectivity index (χ0v) is 24.8. The highest BCUT2D eigenvalue weighted by atomic mass is 32.2. The van der Waals surface area contributed by atoms with Crippen LogP contribution in [0.25, 0.3) is 10.2 Å². The summed E-state index contributed by atoms with van der Waals surface area (Å²) < 4.78 is 3.68. The quantitative estimate of drug-likeness (QED) is 0.190. The molecule has 5 aromatic rings. The molecular weight excluding hydrogens is 561 g/mol. The van der Waals surface area contributed by atoms with Crippen LogP contribution in [0.4, 0.5) is 11.4 Å². The van der Waals surface area contributed by atoms with Crippen molar-refractivity contribution < 1.29 is 9.59 Å². The highest BCUT2D eigenvalue weighted by Crippen LogP contribution is 2.31. The number of thiazole rings is 1. The fourth-order valence-electron chi connectivity index (χ4n) is 4.04. The smallest absolute Gasteiger partial charge is 0.234 e. The third kappa shape index (κ3) is 7.09. The monoisotopic (exact) mass is 588 g/mol. The first-order valence-electron chi connectivity index (χ1n) is 12.6. The molecular formula is C29H28N6O2S3. The minimum Gasteiger partial charge on any atom is -0.325 e. The minimum atomic E-state index is -0.126. The molecule has 0 fully saturated rings. The van der Waals surface area contributed by atoms with E-state index in [1.54, 1.807) is 0 Å². The lowest BCUT2D eigenvalue weighted by molar-refractivity contribution is -0.114. The fraction of sp³-hybridized carbons (Fsp3) is 0.207. The van der Waals surface area contributed by atoms with Gasteiger partial charge in [0.05, 0.1) is 21.7 Å². The zero-order chi connectivity index (χ0) is 28.1. The van der Waals surface area contributed by atoms with Gasteiger partial charge in [-0.1, -0.05) is 71.6 Å². The number of nitrogens with zero attached hydrogens (tertiary/aromatic N) is 4. The number of carbonyl (C=O) groups is 2. The number of aryl methyl sites for hydroxylation is 2. The normalized spacial score (nSPS) is 11.1. The van der Waals surface area contributed by atoms with Crippen LogP contribution in [0.1, 0.15) is 22.5 Å². The molecule has 3 aromatic carbocycles. The van der Waals surface area contributed by atoms with Gasteiger partial charge in [-0.2, -0.15) is 0 Å². The molecule has 2 aromatic heterocycles. The third-order valence-electron chi connectivity index (χ3n) is 6.10. The third-order valence-corrected chi connectivity index (χ3v) is 9.28. The Morgan fingerprint density at radius 2 is 1.68 bits per heavy atom. The van der Waals surface area contributed by atoms with Crippen molar-refractivity contribution in [2.45, 2.75) is 29.8 Å². The molecule has 11 heteroatoms. The number of hydrogen-bond acceptors (Lipinski definition) is 8. The van der Waals surface area contributed by atoms with Gasteiger partial charge in [0.2, 0.25) is 11.8 Å². The van der Waals surface area contributed by atoms with Crippen molar-refractivity contribution in [3.05, 3.63) is 89.2 Å². The number of aromatic nitrogens is 4. The molecule has 0 unspecified atom stereocenters. The molecule has 0 aliphatic rings. The summed E-state index contributed by atoms with van der Waals surface area (Å²) in [6.07, 6.45) is 0.684. The number of thioether (sulfide) groups is 2. The first-order valence-corrected chi connectivity index (χ1v) is 15.4. The lowest BCUT2D eigenvalue weighted by Crippen LogP contribution is -2.14. The Kier molecular flexibility index (Phi) is 8.83. The van der Waals surface area contributed by atoms with Gasteiger partial charge in [0.15, 0.2) is 9.50 Å². The first-order chi connectivity index (χ1) is 19.3. The van der Waals surface area contributed by atoms with Crippen LogP contribution in [-0.2, 0) is 23.1 Å². The first kappa shape index (κ1) is 27.9. The number of fused-ring (bicyclic) bond motifs is 1. The van der Waals surface area contributed by atoms with Crippen molar-refractivity contribution in [3.8, 4) is 0 Å². The molecule has 0 atom stereocenters. The Morgan fingerprint density at radius 3 is 2.48 bits per heavy atom. The molecule has 5 rings (SSSR count). The number of benzene rings is 3. The van der Waals surface area contributed by atoms with Gasteiger partial charge < -0.3 is 15.2 Å². The summed E-state index contributed by atoms with van der Waals surface area (Å²) in [5.74, 6) is 1.13. The Bertz CT molecular complexity index is 1670. The van der Waals surface area contributed by atoms with E-state index in [2.05, 4.69) is 37.9 Å². The van der Waals surface area contributed by atoms with Crippen LogP contribution < -0.4 is 10.6 Å². The van der Waals surface area contributed by atoms with Crippen LogP contribution >= 0.6 is 34.9 Å². The van der Waals surface area contributed by atoms with Crippen LogP contribution in [0.2, 0.25) is 0 Å². The molecule has 2 N–H and O–H groups in total. The lowest BCUT2D eigenvalue weighted by atomic mass is 10.1. The molecule has 0 saturated heterocycles. The molecule has 204 valence electrons. The number of hydrogen-bond donors (Lipinski definition) is 2. The van der Waals surface area contributed by atoms with E-state index in [0.29, 0.717) is 17.3 Å². The summed E-state index contributed by atoms with van der Waals surface area (Å²) in [5.41, 5.74) is 5.72. The SMILES string of the molecule is Cc1ccc(NC(=O)CSc2nc3ccc(NC(=O)CSc4nnc(Cc5ccccc5)n4C)cc3s2)c(C)c1. The summed E-state index contributed by atoms with van der Waals surface area (Å²) in [6.45, 7) is 4.01. The Balaban J connectivity index is 1.13.